The van der Waals surface area contributed by atoms with E-state index < -0.39 is 34.1 Å². The van der Waals surface area contributed by atoms with Gasteiger partial charge in [-0.05, 0) is 35.9 Å². The predicted molar refractivity (Wildman–Crippen MR) is 139 cm³/mol. The van der Waals surface area contributed by atoms with Gasteiger partial charge in [0.2, 0.25) is 0 Å². The summed E-state index contributed by atoms with van der Waals surface area (Å²) >= 11 is 0. The van der Waals surface area contributed by atoms with Crippen molar-refractivity contribution < 1.29 is 32.8 Å². The second kappa shape index (κ2) is 10.5. The number of phenols is 1. The lowest BCUT2D eigenvalue weighted by Crippen LogP contribution is -2.22. The molecule has 0 fully saturated rings. The molecule has 41 heavy (non-hydrogen) atoms. The van der Waals surface area contributed by atoms with E-state index in [4.69, 9.17) is 0 Å². The molecule has 0 saturated heterocycles. The van der Waals surface area contributed by atoms with E-state index in [1.165, 1.54) is 29.0 Å². The van der Waals surface area contributed by atoms with Gasteiger partial charge in [0.25, 0.3) is 11.6 Å². The van der Waals surface area contributed by atoms with Crippen molar-refractivity contribution in [2.24, 2.45) is 0 Å². The van der Waals surface area contributed by atoms with Crippen LogP contribution in [-0.4, -0.2) is 36.3 Å². The molecule has 1 amide bonds. The summed E-state index contributed by atoms with van der Waals surface area (Å²) in [5.74, 6) is -1.50. The number of phenolic OH excluding ortho intramolecular Hbond substituents is 1. The number of hydrogen-bond acceptors (Lipinski definition) is 7. The fourth-order valence-electron chi connectivity index (χ4n) is 4.00. The van der Waals surface area contributed by atoms with Gasteiger partial charge in [-0.15, -0.1) is 0 Å². The Morgan fingerprint density at radius 2 is 1.68 bits per heavy atom. The van der Waals surface area contributed by atoms with Crippen LogP contribution in [0, 0.1) is 10.1 Å². The number of nitro groups is 1. The summed E-state index contributed by atoms with van der Waals surface area (Å²) in [7, 11) is 0. The van der Waals surface area contributed by atoms with Crippen molar-refractivity contribution in [2.75, 3.05) is 0 Å². The van der Waals surface area contributed by atoms with Gasteiger partial charge < -0.3 is 10.4 Å². The third-order valence-corrected chi connectivity index (χ3v) is 6.19. The number of rotatable bonds is 7. The predicted octanol–water partition coefficient (Wildman–Crippen LogP) is 5.19. The van der Waals surface area contributed by atoms with E-state index in [9.17, 15) is 38.0 Å². The maximum atomic E-state index is 12.9. The van der Waals surface area contributed by atoms with Gasteiger partial charge in [0.15, 0.2) is 11.4 Å². The molecule has 10 nitrogen and oxygen atoms in total. The summed E-state index contributed by atoms with van der Waals surface area (Å²) < 4.78 is 39.5. The summed E-state index contributed by atoms with van der Waals surface area (Å²) in [5, 5.41) is 28.2. The van der Waals surface area contributed by atoms with Crippen LogP contribution in [0.1, 0.15) is 37.4 Å². The Balaban J connectivity index is 1.29. The first-order chi connectivity index (χ1) is 19.5. The SMILES string of the molecule is O=C(NCc1ccc(C(F)(F)F)cc1)c1ccc(-c2cc3ncc(C(=O)c4cc([N+](=O)[O-])ccc4O)cn3n2)cc1. The maximum Gasteiger partial charge on any atom is 0.416 e. The van der Waals surface area contributed by atoms with E-state index in [0.29, 0.717) is 28.0 Å². The normalized spacial score (nSPS) is 11.4. The highest BCUT2D eigenvalue weighted by molar-refractivity contribution is 6.10. The maximum absolute atomic E-state index is 12.9. The Morgan fingerprint density at radius 3 is 2.34 bits per heavy atom. The third kappa shape index (κ3) is 5.73. The number of nitrogens with one attached hydrogen (secondary N) is 1. The molecule has 0 atom stereocenters. The van der Waals surface area contributed by atoms with Gasteiger partial charge in [0, 0.05) is 48.3 Å². The second-order valence-corrected chi connectivity index (χ2v) is 8.92. The van der Waals surface area contributed by atoms with Crippen LogP contribution >= 0.6 is 0 Å². The quantitative estimate of drug-likeness (QED) is 0.158. The smallest absolute Gasteiger partial charge is 0.416 e. The van der Waals surface area contributed by atoms with Crippen LogP contribution in [0.5, 0.6) is 5.75 Å². The number of carbonyl (C=O) groups excluding carboxylic acids is 2. The van der Waals surface area contributed by atoms with E-state index in [-0.39, 0.29) is 23.4 Å². The highest BCUT2D eigenvalue weighted by Gasteiger charge is 2.30. The number of carbonyl (C=O) groups is 2. The third-order valence-electron chi connectivity index (χ3n) is 6.19. The molecular weight excluding hydrogens is 543 g/mol. The highest BCUT2D eigenvalue weighted by atomic mass is 19.4. The zero-order valence-corrected chi connectivity index (χ0v) is 20.8. The molecule has 0 aliphatic rings. The molecule has 5 rings (SSSR count). The fraction of sp³-hybridized carbons (Fsp3) is 0.0714. The van der Waals surface area contributed by atoms with Gasteiger partial charge in [0.05, 0.1) is 27.3 Å². The Kier molecular flexibility index (Phi) is 6.93. The molecule has 0 aliphatic heterocycles. The molecule has 2 aromatic heterocycles. The van der Waals surface area contributed by atoms with Crippen LogP contribution in [0.15, 0.2) is 85.2 Å². The first-order valence-corrected chi connectivity index (χ1v) is 11.9. The zero-order chi connectivity index (χ0) is 29.3. The van der Waals surface area contributed by atoms with Crippen LogP contribution < -0.4 is 5.32 Å². The Labute approximate surface area is 228 Å². The lowest BCUT2D eigenvalue weighted by Gasteiger charge is -2.09. The Morgan fingerprint density at radius 1 is 0.976 bits per heavy atom. The number of alkyl halides is 3. The number of fused-ring (bicyclic) bond motifs is 1. The number of amides is 1. The largest absolute Gasteiger partial charge is 0.507 e. The van der Waals surface area contributed by atoms with Crippen LogP contribution in [0.2, 0.25) is 0 Å². The fourth-order valence-corrected chi connectivity index (χ4v) is 4.00. The zero-order valence-electron chi connectivity index (χ0n) is 20.8. The summed E-state index contributed by atoms with van der Waals surface area (Å²) in [6.45, 7) is 0.0476. The number of non-ortho nitro benzene ring substituents is 1. The number of hydrogen-bond donors (Lipinski definition) is 2. The average Bonchev–Trinajstić information content (AvgIpc) is 3.39. The van der Waals surface area contributed by atoms with Gasteiger partial charge in [-0.2, -0.15) is 18.3 Å². The van der Waals surface area contributed by atoms with Crippen LogP contribution in [0.3, 0.4) is 0 Å². The van der Waals surface area contributed by atoms with Gasteiger partial charge in [-0.3, -0.25) is 19.7 Å². The minimum atomic E-state index is -4.43. The summed E-state index contributed by atoms with van der Waals surface area (Å²) in [4.78, 5) is 40.0. The number of ketones is 1. The van der Waals surface area contributed by atoms with Crippen molar-refractivity contribution in [2.45, 2.75) is 12.7 Å². The highest BCUT2D eigenvalue weighted by Crippen LogP contribution is 2.29. The molecule has 2 N–H and O–H groups in total. The van der Waals surface area contributed by atoms with Crippen molar-refractivity contribution in [3.63, 3.8) is 0 Å². The van der Waals surface area contributed by atoms with Gasteiger partial charge >= 0.3 is 6.18 Å². The first-order valence-electron chi connectivity index (χ1n) is 11.9. The number of aromatic nitrogens is 3. The Bertz CT molecular complexity index is 1800. The number of halogens is 3. The lowest BCUT2D eigenvalue weighted by molar-refractivity contribution is -0.384. The molecule has 0 spiro atoms. The van der Waals surface area contributed by atoms with E-state index in [1.807, 2.05) is 0 Å². The monoisotopic (exact) mass is 561 g/mol. The van der Waals surface area contributed by atoms with Crippen LogP contribution in [0.25, 0.3) is 16.9 Å². The van der Waals surface area contributed by atoms with Crippen molar-refractivity contribution in [1.82, 2.24) is 19.9 Å². The minimum Gasteiger partial charge on any atom is -0.507 e. The topological polar surface area (TPSA) is 140 Å². The molecule has 0 saturated carbocycles. The van der Waals surface area contributed by atoms with E-state index >= 15 is 0 Å². The number of benzene rings is 3. The molecule has 13 heteroatoms. The molecular formula is C28H18F3N5O5. The summed E-state index contributed by atoms with van der Waals surface area (Å²) in [6, 6.07) is 15.7. The van der Waals surface area contributed by atoms with Crippen molar-refractivity contribution >= 4 is 23.0 Å². The van der Waals surface area contributed by atoms with Crippen molar-refractivity contribution in [3.8, 4) is 17.0 Å². The van der Waals surface area contributed by atoms with Crippen LogP contribution in [0.4, 0.5) is 18.9 Å². The Hall–Kier alpha value is -5.59. The number of nitro benzene ring substituents is 1. The van der Waals surface area contributed by atoms with Gasteiger partial charge in [0.1, 0.15) is 5.75 Å². The van der Waals surface area contributed by atoms with Crippen molar-refractivity contribution in [1.29, 1.82) is 0 Å². The molecule has 2 heterocycles. The second-order valence-electron chi connectivity index (χ2n) is 8.92. The molecule has 206 valence electrons. The molecule has 0 radical (unpaired) electrons. The number of aromatic hydroxyl groups is 1. The molecule has 3 aromatic carbocycles. The molecule has 0 bridgehead atoms. The van der Waals surface area contributed by atoms with E-state index in [1.54, 1.807) is 30.3 Å². The summed E-state index contributed by atoms with van der Waals surface area (Å²) in [6.07, 6.45) is -1.78. The van der Waals surface area contributed by atoms with E-state index in [2.05, 4.69) is 15.4 Å². The first kappa shape index (κ1) is 27.0. The molecule has 0 unspecified atom stereocenters. The molecule has 0 aliphatic carbocycles. The van der Waals surface area contributed by atoms with Gasteiger partial charge in [-0.1, -0.05) is 24.3 Å². The lowest BCUT2D eigenvalue weighted by atomic mass is 10.0. The minimum absolute atomic E-state index is 0.0445. The number of nitrogens with zero attached hydrogens (tertiary/aromatic N) is 4. The average molecular weight is 561 g/mol. The standard InChI is InChI=1S/C28H18F3N5O5/c29-28(30,31)20-7-1-16(2-8-20)13-33-27(39)18-5-3-17(4-6-18)23-12-25-32-14-19(15-35(25)34-23)26(38)22-11-21(36(40)41)9-10-24(22)37/h1-12,14-15,37H,13H2,(H,33,39). The summed E-state index contributed by atoms with van der Waals surface area (Å²) in [5.41, 5.74) is 1.04. The molecule has 5 aromatic rings. The van der Waals surface area contributed by atoms with Crippen molar-refractivity contribution in [3.05, 3.63) is 123 Å². The van der Waals surface area contributed by atoms with Gasteiger partial charge in [-0.25, -0.2) is 9.50 Å². The van der Waals surface area contributed by atoms with Crippen LogP contribution in [-0.2, 0) is 12.7 Å². The van der Waals surface area contributed by atoms with E-state index in [0.717, 1.165) is 30.3 Å².